The summed E-state index contributed by atoms with van der Waals surface area (Å²) in [7, 11) is 2.94. The van der Waals surface area contributed by atoms with Gasteiger partial charge in [-0.15, -0.1) is 11.6 Å². The van der Waals surface area contributed by atoms with Crippen molar-refractivity contribution in [3.05, 3.63) is 33.9 Å². The molecule has 7 heteroatoms. The van der Waals surface area contributed by atoms with Gasteiger partial charge in [0.15, 0.2) is 5.75 Å². The quantitative estimate of drug-likeness (QED) is 0.473. The first-order chi connectivity index (χ1) is 8.92. The van der Waals surface area contributed by atoms with Gasteiger partial charge in [-0.2, -0.15) is 0 Å². The van der Waals surface area contributed by atoms with Crippen molar-refractivity contribution in [2.24, 2.45) is 0 Å². The number of hydrogen-bond donors (Lipinski definition) is 0. The molecule has 1 aromatic carbocycles. The van der Waals surface area contributed by atoms with Crippen LogP contribution in [0.15, 0.2) is 18.2 Å². The first kappa shape index (κ1) is 15.2. The molecule has 0 radical (unpaired) electrons. The molecule has 0 saturated carbocycles. The van der Waals surface area contributed by atoms with Gasteiger partial charge < -0.3 is 9.64 Å². The van der Waals surface area contributed by atoms with E-state index in [4.69, 9.17) is 16.3 Å². The van der Waals surface area contributed by atoms with Gasteiger partial charge in [-0.1, -0.05) is 0 Å². The van der Waals surface area contributed by atoms with Gasteiger partial charge in [-0.05, 0) is 19.1 Å². The molecule has 0 aliphatic carbocycles. The summed E-state index contributed by atoms with van der Waals surface area (Å²) >= 11 is 5.69. The smallest absolute Gasteiger partial charge is 0.311 e. The van der Waals surface area contributed by atoms with Crippen LogP contribution in [0.1, 0.15) is 17.3 Å². The zero-order valence-electron chi connectivity index (χ0n) is 10.9. The molecule has 6 nitrogen and oxygen atoms in total. The van der Waals surface area contributed by atoms with Crippen molar-refractivity contribution < 1.29 is 14.5 Å². The molecule has 0 fully saturated rings. The van der Waals surface area contributed by atoms with Crippen LogP contribution in [0.3, 0.4) is 0 Å². The fourth-order valence-corrected chi connectivity index (χ4v) is 1.68. The van der Waals surface area contributed by atoms with E-state index < -0.39 is 4.92 Å². The highest BCUT2D eigenvalue weighted by Gasteiger charge is 2.21. The van der Waals surface area contributed by atoms with E-state index in [2.05, 4.69) is 0 Å². The topological polar surface area (TPSA) is 72.7 Å². The highest BCUT2D eigenvalue weighted by molar-refractivity contribution is 6.18. The Hall–Kier alpha value is -1.82. The molecule has 104 valence electrons. The van der Waals surface area contributed by atoms with Crippen LogP contribution in [0.5, 0.6) is 5.75 Å². The minimum atomic E-state index is -0.583. The fourth-order valence-electron chi connectivity index (χ4n) is 1.47. The Labute approximate surface area is 116 Å². The van der Waals surface area contributed by atoms with Crippen molar-refractivity contribution in [1.29, 1.82) is 0 Å². The molecule has 0 saturated heterocycles. The number of alkyl halides is 1. The standard InChI is InChI=1S/C12H15ClN2O4/c1-8(7-13)14(2)12(16)9-4-5-11(19-3)10(6-9)15(17)18/h4-6,8H,7H2,1-3H3. The highest BCUT2D eigenvalue weighted by Crippen LogP contribution is 2.28. The Morgan fingerprint density at radius 2 is 2.21 bits per heavy atom. The number of carbonyl (C=O) groups is 1. The number of methoxy groups -OCH3 is 1. The third-order valence-electron chi connectivity index (χ3n) is 2.83. The summed E-state index contributed by atoms with van der Waals surface area (Å²) in [6.45, 7) is 1.79. The maximum atomic E-state index is 12.1. The van der Waals surface area contributed by atoms with E-state index in [1.807, 2.05) is 0 Å². The van der Waals surface area contributed by atoms with Crippen molar-refractivity contribution in [1.82, 2.24) is 4.90 Å². The van der Waals surface area contributed by atoms with Crippen molar-refractivity contribution in [2.45, 2.75) is 13.0 Å². The zero-order valence-corrected chi connectivity index (χ0v) is 11.7. The second-order valence-corrected chi connectivity index (χ2v) is 4.37. The maximum Gasteiger partial charge on any atom is 0.311 e. The number of nitrogens with zero attached hydrogens (tertiary/aromatic N) is 2. The summed E-state index contributed by atoms with van der Waals surface area (Å²) in [5.74, 6) is 0.0917. The van der Waals surface area contributed by atoms with Gasteiger partial charge in [-0.3, -0.25) is 14.9 Å². The van der Waals surface area contributed by atoms with Crippen LogP contribution < -0.4 is 4.74 Å². The molecule has 0 aliphatic rings. The van der Waals surface area contributed by atoms with Crippen LogP contribution in [0.4, 0.5) is 5.69 Å². The van der Waals surface area contributed by atoms with E-state index in [9.17, 15) is 14.9 Å². The van der Waals surface area contributed by atoms with Crippen molar-refractivity contribution in [3.63, 3.8) is 0 Å². The lowest BCUT2D eigenvalue weighted by Gasteiger charge is -2.23. The normalized spacial score (nSPS) is 11.8. The second-order valence-electron chi connectivity index (χ2n) is 4.06. The van der Waals surface area contributed by atoms with Crippen molar-refractivity contribution in [2.75, 3.05) is 20.0 Å². The number of halogens is 1. The number of hydrogen-bond acceptors (Lipinski definition) is 4. The first-order valence-electron chi connectivity index (χ1n) is 5.58. The predicted octanol–water partition coefficient (Wildman–Crippen LogP) is 2.30. The molecule has 0 aromatic heterocycles. The molecule has 0 aliphatic heterocycles. The average molecular weight is 287 g/mol. The third kappa shape index (κ3) is 3.35. The number of nitro groups is 1. The minimum Gasteiger partial charge on any atom is -0.490 e. The summed E-state index contributed by atoms with van der Waals surface area (Å²) < 4.78 is 4.88. The predicted molar refractivity (Wildman–Crippen MR) is 71.9 cm³/mol. The number of nitro benzene ring substituents is 1. The average Bonchev–Trinajstić information content (AvgIpc) is 2.43. The van der Waals surface area contributed by atoms with Gasteiger partial charge in [0.05, 0.1) is 12.0 Å². The lowest BCUT2D eigenvalue weighted by molar-refractivity contribution is -0.385. The van der Waals surface area contributed by atoms with Gasteiger partial charge in [0.25, 0.3) is 5.91 Å². The molecule has 19 heavy (non-hydrogen) atoms. The molecule has 0 heterocycles. The van der Waals surface area contributed by atoms with Gasteiger partial charge in [0.1, 0.15) is 0 Å². The number of ether oxygens (including phenoxy) is 1. The number of benzene rings is 1. The summed E-state index contributed by atoms with van der Waals surface area (Å²) in [6.07, 6.45) is 0. The molecule has 0 N–H and O–H groups in total. The lowest BCUT2D eigenvalue weighted by Crippen LogP contribution is -2.36. The number of amides is 1. The van der Waals surface area contributed by atoms with Crippen LogP contribution >= 0.6 is 11.6 Å². The molecular formula is C12H15ClN2O4. The van der Waals surface area contributed by atoms with E-state index in [0.717, 1.165) is 0 Å². The first-order valence-corrected chi connectivity index (χ1v) is 6.11. The van der Waals surface area contributed by atoms with Crippen LogP contribution in [0.2, 0.25) is 0 Å². The van der Waals surface area contributed by atoms with E-state index in [1.54, 1.807) is 14.0 Å². The molecule has 1 aromatic rings. The van der Waals surface area contributed by atoms with Gasteiger partial charge in [0.2, 0.25) is 0 Å². The third-order valence-corrected chi connectivity index (χ3v) is 3.27. The fraction of sp³-hybridized carbons (Fsp3) is 0.417. The molecule has 1 unspecified atom stereocenters. The van der Waals surface area contributed by atoms with Crippen LogP contribution in [0, 0.1) is 10.1 Å². The van der Waals surface area contributed by atoms with E-state index in [-0.39, 0.29) is 28.9 Å². The second kappa shape index (κ2) is 6.38. The maximum absolute atomic E-state index is 12.1. The van der Waals surface area contributed by atoms with Gasteiger partial charge >= 0.3 is 5.69 Å². The summed E-state index contributed by atoms with van der Waals surface area (Å²) in [4.78, 5) is 23.9. The van der Waals surface area contributed by atoms with Crippen LogP contribution in [-0.4, -0.2) is 41.8 Å². The summed E-state index contributed by atoms with van der Waals surface area (Å²) in [6, 6.07) is 3.95. The van der Waals surface area contributed by atoms with E-state index in [1.165, 1.54) is 30.2 Å². The summed E-state index contributed by atoms with van der Waals surface area (Å²) in [5, 5.41) is 10.9. The molecule has 1 rings (SSSR count). The Kier molecular flexibility index (Phi) is 5.11. The van der Waals surface area contributed by atoms with Gasteiger partial charge in [0, 0.05) is 30.6 Å². The van der Waals surface area contributed by atoms with E-state index in [0.29, 0.717) is 5.88 Å². The minimum absolute atomic E-state index is 0.120. The molecule has 0 spiro atoms. The Bertz CT molecular complexity index is 493. The van der Waals surface area contributed by atoms with Crippen molar-refractivity contribution >= 4 is 23.2 Å². The number of rotatable bonds is 5. The van der Waals surface area contributed by atoms with Crippen LogP contribution in [-0.2, 0) is 0 Å². The SMILES string of the molecule is COc1ccc(C(=O)N(C)C(C)CCl)cc1[N+](=O)[O-]. The van der Waals surface area contributed by atoms with Gasteiger partial charge in [-0.25, -0.2) is 0 Å². The number of carbonyl (C=O) groups excluding carboxylic acids is 1. The largest absolute Gasteiger partial charge is 0.490 e. The lowest BCUT2D eigenvalue weighted by atomic mass is 10.1. The van der Waals surface area contributed by atoms with Crippen LogP contribution in [0.25, 0.3) is 0 Å². The molecule has 1 amide bonds. The Morgan fingerprint density at radius 1 is 1.58 bits per heavy atom. The monoisotopic (exact) mass is 286 g/mol. The Morgan fingerprint density at radius 3 is 2.68 bits per heavy atom. The van der Waals surface area contributed by atoms with E-state index >= 15 is 0 Å². The summed E-state index contributed by atoms with van der Waals surface area (Å²) in [5.41, 5.74) is -0.00718. The molecule has 0 bridgehead atoms. The van der Waals surface area contributed by atoms with Crippen molar-refractivity contribution in [3.8, 4) is 5.75 Å². The molecule has 1 atom stereocenters. The zero-order chi connectivity index (χ0) is 14.6. The Balaban J connectivity index is 3.12. The highest BCUT2D eigenvalue weighted by atomic mass is 35.5. The molecular weight excluding hydrogens is 272 g/mol.